The molecule has 0 spiro atoms. The van der Waals surface area contributed by atoms with Gasteiger partial charge < -0.3 is 10.1 Å². The van der Waals surface area contributed by atoms with E-state index in [-0.39, 0.29) is 18.3 Å². The lowest BCUT2D eigenvalue weighted by molar-refractivity contribution is -0.118. The van der Waals surface area contributed by atoms with Crippen LogP contribution in [0.25, 0.3) is 0 Å². The molecule has 126 valence electrons. The maximum Gasteiger partial charge on any atom is 0.262 e. The second-order valence-electron chi connectivity index (χ2n) is 5.32. The smallest absolute Gasteiger partial charge is 0.262 e. The predicted molar refractivity (Wildman–Crippen MR) is 99.2 cm³/mol. The molecule has 1 aliphatic heterocycles. The lowest BCUT2D eigenvalue weighted by Crippen LogP contribution is -2.20. The van der Waals surface area contributed by atoms with Gasteiger partial charge in [-0.25, -0.2) is 4.39 Å². The summed E-state index contributed by atoms with van der Waals surface area (Å²) in [7, 11) is 0. The van der Waals surface area contributed by atoms with E-state index in [1.807, 2.05) is 41.7 Å². The molecule has 0 radical (unpaired) electrons. The van der Waals surface area contributed by atoms with Gasteiger partial charge in [0.1, 0.15) is 0 Å². The number of halogens is 1. The monoisotopic (exact) mass is 363 g/mol. The Bertz CT molecular complexity index is 705. The van der Waals surface area contributed by atoms with E-state index in [2.05, 4.69) is 11.4 Å². The number of ether oxygens (including phenoxy) is 1. The zero-order chi connectivity index (χ0) is 16.8. The number of thioether (sulfide) groups is 2. The Balaban J connectivity index is 1.57. The van der Waals surface area contributed by atoms with E-state index in [0.717, 1.165) is 5.69 Å². The number of hydrogen-bond donors (Lipinski definition) is 1. The normalized spacial score (nSPS) is 15.0. The molecular weight excluding hydrogens is 345 g/mol. The minimum absolute atomic E-state index is 0.0800. The number of amides is 1. The van der Waals surface area contributed by atoms with Gasteiger partial charge in [0, 0.05) is 5.69 Å². The van der Waals surface area contributed by atoms with Crippen LogP contribution in [-0.2, 0) is 4.79 Å². The molecule has 3 rings (SSSR count). The number of carbonyl (C=O) groups excluding carboxylic acids is 1. The first-order valence-corrected chi connectivity index (χ1v) is 9.82. The Morgan fingerprint density at radius 1 is 1.17 bits per heavy atom. The number of rotatable bonds is 5. The van der Waals surface area contributed by atoms with Gasteiger partial charge in [-0.1, -0.05) is 24.3 Å². The summed E-state index contributed by atoms with van der Waals surface area (Å²) in [5, 5.41) is 2.81. The van der Waals surface area contributed by atoms with Crippen LogP contribution in [0.5, 0.6) is 5.75 Å². The molecule has 1 saturated heterocycles. The summed E-state index contributed by atoms with van der Waals surface area (Å²) in [6.45, 7) is -0.224. The number of carbonyl (C=O) groups is 1. The third kappa shape index (κ3) is 4.68. The van der Waals surface area contributed by atoms with Crippen molar-refractivity contribution in [3.8, 4) is 5.75 Å². The lowest BCUT2D eigenvalue weighted by Gasteiger charge is -2.21. The van der Waals surface area contributed by atoms with Gasteiger partial charge in [0.15, 0.2) is 18.2 Å². The van der Waals surface area contributed by atoms with Crippen molar-refractivity contribution < 1.29 is 13.9 Å². The van der Waals surface area contributed by atoms with Crippen molar-refractivity contribution in [2.45, 2.75) is 11.0 Å². The molecule has 2 aromatic rings. The zero-order valence-corrected chi connectivity index (χ0v) is 14.7. The van der Waals surface area contributed by atoms with Crippen LogP contribution >= 0.6 is 23.5 Å². The molecule has 0 atom stereocenters. The molecule has 0 bridgehead atoms. The van der Waals surface area contributed by atoms with E-state index in [9.17, 15) is 9.18 Å². The molecule has 0 saturated carbocycles. The molecule has 3 nitrogen and oxygen atoms in total. The fraction of sp³-hybridized carbons (Fsp3) is 0.278. The molecule has 0 unspecified atom stereocenters. The van der Waals surface area contributed by atoms with Gasteiger partial charge >= 0.3 is 0 Å². The molecule has 6 heteroatoms. The maximum atomic E-state index is 13.5. The van der Waals surface area contributed by atoms with Gasteiger partial charge in [-0.15, -0.1) is 23.5 Å². The molecule has 1 N–H and O–H groups in total. The minimum atomic E-state index is -0.473. The van der Waals surface area contributed by atoms with Crippen molar-refractivity contribution in [1.82, 2.24) is 0 Å². The van der Waals surface area contributed by atoms with Crippen LogP contribution < -0.4 is 10.1 Å². The van der Waals surface area contributed by atoms with Crippen molar-refractivity contribution in [2.75, 3.05) is 23.4 Å². The highest BCUT2D eigenvalue weighted by Gasteiger charge is 2.17. The van der Waals surface area contributed by atoms with E-state index in [1.165, 1.54) is 35.6 Å². The highest BCUT2D eigenvalue weighted by molar-refractivity contribution is 8.16. The second kappa shape index (κ2) is 8.44. The summed E-state index contributed by atoms with van der Waals surface area (Å²) in [5.41, 5.74) is 1.94. The van der Waals surface area contributed by atoms with E-state index in [1.54, 1.807) is 12.1 Å². The first-order valence-electron chi connectivity index (χ1n) is 7.73. The van der Waals surface area contributed by atoms with Crippen molar-refractivity contribution >= 4 is 35.1 Å². The van der Waals surface area contributed by atoms with Gasteiger partial charge in [-0.05, 0) is 47.8 Å². The van der Waals surface area contributed by atoms with Crippen molar-refractivity contribution in [3.05, 3.63) is 59.9 Å². The fourth-order valence-electron chi connectivity index (χ4n) is 2.35. The molecule has 0 aromatic heterocycles. The largest absolute Gasteiger partial charge is 0.481 e. The highest BCUT2D eigenvalue weighted by atomic mass is 32.2. The third-order valence-corrected chi connectivity index (χ3v) is 6.48. The quantitative estimate of drug-likeness (QED) is 0.835. The van der Waals surface area contributed by atoms with Gasteiger partial charge in [-0.3, -0.25) is 4.79 Å². The molecule has 0 aliphatic carbocycles. The highest BCUT2D eigenvalue weighted by Crippen LogP contribution is 2.44. The van der Waals surface area contributed by atoms with Crippen molar-refractivity contribution in [3.63, 3.8) is 0 Å². The average Bonchev–Trinajstić information content (AvgIpc) is 2.62. The number of benzene rings is 2. The summed E-state index contributed by atoms with van der Waals surface area (Å²) in [4.78, 5) is 12.0. The van der Waals surface area contributed by atoms with E-state index in [0.29, 0.717) is 4.58 Å². The summed E-state index contributed by atoms with van der Waals surface area (Å²) in [6.07, 6.45) is 1.25. The Kier molecular flexibility index (Phi) is 6.04. The summed E-state index contributed by atoms with van der Waals surface area (Å²) in [5.74, 6) is 1.64. The molecular formula is C18H18FNO2S2. The molecule has 2 aromatic carbocycles. The number of anilines is 1. The average molecular weight is 363 g/mol. The van der Waals surface area contributed by atoms with Crippen LogP contribution in [0.15, 0.2) is 48.5 Å². The third-order valence-electron chi connectivity index (χ3n) is 3.47. The number of nitrogens with one attached hydrogen (secondary N) is 1. The molecule has 1 aliphatic rings. The summed E-state index contributed by atoms with van der Waals surface area (Å²) < 4.78 is 19.1. The standard InChI is InChI=1S/C18H18FNO2S2/c19-15-7-1-2-8-16(15)22-12-17(21)20-14-6-3-5-13(11-14)18-23-9-4-10-24-18/h1-3,5-8,11,18H,4,9-10,12H2,(H,20,21). The number of para-hydroxylation sites is 1. The van der Waals surface area contributed by atoms with Crippen LogP contribution in [0.1, 0.15) is 16.6 Å². The van der Waals surface area contributed by atoms with Crippen LogP contribution in [0, 0.1) is 5.82 Å². The van der Waals surface area contributed by atoms with E-state index in [4.69, 9.17) is 4.74 Å². The fourth-order valence-corrected chi connectivity index (χ4v) is 5.22. The second-order valence-corrected chi connectivity index (χ2v) is 8.04. The molecule has 24 heavy (non-hydrogen) atoms. The van der Waals surface area contributed by atoms with Gasteiger partial charge in [0.25, 0.3) is 5.91 Å². The molecule has 1 fully saturated rings. The Hall–Kier alpha value is -1.66. The summed E-state index contributed by atoms with van der Waals surface area (Å²) in [6, 6.07) is 13.9. The molecule has 1 heterocycles. The Morgan fingerprint density at radius 3 is 2.75 bits per heavy atom. The van der Waals surface area contributed by atoms with Gasteiger partial charge in [0.2, 0.25) is 0 Å². The van der Waals surface area contributed by atoms with Gasteiger partial charge in [0.05, 0.1) is 4.58 Å². The Morgan fingerprint density at radius 2 is 1.96 bits per heavy atom. The predicted octanol–water partition coefficient (Wildman–Crippen LogP) is 4.71. The van der Waals surface area contributed by atoms with Crippen molar-refractivity contribution in [2.24, 2.45) is 0 Å². The maximum absolute atomic E-state index is 13.5. The lowest BCUT2D eigenvalue weighted by atomic mass is 10.2. The van der Waals surface area contributed by atoms with Gasteiger partial charge in [-0.2, -0.15) is 0 Å². The summed E-state index contributed by atoms with van der Waals surface area (Å²) >= 11 is 3.87. The minimum Gasteiger partial charge on any atom is -0.481 e. The topological polar surface area (TPSA) is 38.3 Å². The van der Waals surface area contributed by atoms with Crippen LogP contribution in [-0.4, -0.2) is 24.0 Å². The number of hydrogen-bond acceptors (Lipinski definition) is 4. The van der Waals surface area contributed by atoms with Crippen molar-refractivity contribution in [1.29, 1.82) is 0 Å². The Labute approximate surface area is 149 Å². The first-order chi connectivity index (χ1) is 11.7. The SMILES string of the molecule is O=C(COc1ccccc1F)Nc1cccc(C2SCCCS2)c1. The van der Waals surface area contributed by atoms with E-state index < -0.39 is 5.82 Å². The first kappa shape index (κ1) is 17.2. The van der Waals surface area contributed by atoms with E-state index >= 15 is 0 Å². The zero-order valence-electron chi connectivity index (χ0n) is 13.0. The molecule has 1 amide bonds. The van der Waals surface area contributed by atoms with Crippen LogP contribution in [0.2, 0.25) is 0 Å². The van der Waals surface area contributed by atoms with Crippen LogP contribution in [0.4, 0.5) is 10.1 Å². The van der Waals surface area contributed by atoms with Crippen LogP contribution in [0.3, 0.4) is 0 Å².